The Bertz CT molecular complexity index is 563. The van der Waals surface area contributed by atoms with Crippen LogP contribution in [0.25, 0.3) is 0 Å². The Kier molecular flexibility index (Phi) is 5.29. The second-order valence-corrected chi connectivity index (χ2v) is 5.86. The molecule has 0 radical (unpaired) electrons. The van der Waals surface area contributed by atoms with E-state index in [2.05, 4.69) is 0 Å². The number of benzene rings is 1. The first-order valence-electron chi connectivity index (χ1n) is 7.40. The third-order valence-corrected chi connectivity index (χ3v) is 4.42. The highest BCUT2D eigenvalue weighted by Gasteiger charge is 2.40. The topological polar surface area (TPSA) is 66.8 Å². The van der Waals surface area contributed by atoms with Gasteiger partial charge in [0.2, 0.25) is 0 Å². The van der Waals surface area contributed by atoms with Gasteiger partial charge in [-0.25, -0.2) is 0 Å². The largest absolute Gasteiger partial charge is 0.481 e. The summed E-state index contributed by atoms with van der Waals surface area (Å²) in [5.74, 6) is -1.09. The van der Waals surface area contributed by atoms with Crippen molar-refractivity contribution in [3.05, 3.63) is 29.3 Å². The van der Waals surface area contributed by atoms with Crippen LogP contribution in [0, 0.1) is 5.92 Å². The van der Waals surface area contributed by atoms with Gasteiger partial charge in [0.05, 0.1) is 10.9 Å². The highest BCUT2D eigenvalue weighted by Crippen LogP contribution is 2.28. The molecule has 120 valence electrons. The first-order chi connectivity index (χ1) is 10.5. The molecule has 1 aliphatic rings. The molecule has 2 rings (SSSR count). The molecule has 3 atom stereocenters. The van der Waals surface area contributed by atoms with E-state index in [0.29, 0.717) is 30.2 Å². The number of nitrogens with zero attached hydrogens (tertiary/aromatic N) is 1. The van der Waals surface area contributed by atoms with Gasteiger partial charge in [0.25, 0.3) is 5.91 Å². The lowest BCUT2D eigenvalue weighted by atomic mass is 10.0. The van der Waals surface area contributed by atoms with E-state index in [0.717, 1.165) is 0 Å². The van der Waals surface area contributed by atoms with E-state index >= 15 is 0 Å². The minimum absolute atomic E-state index is 0.182. The van der Waals surface area contributed by atoms with Crippen molar-refractivity contribution in [1.29, 1.82) is 0 Å². The Morgan fingerprint density at radius 3 is 2.68 bits per heavy atom. The number of likely N-dealkylation sites (tertiary alicyclic amines) is 1. The number of para-hydroxylation sites is 1. The standard InChI is InChI=1S/C16H20ClNO4/c1-3-13(22-14-7-5-4-6-12(14)17)15(19)18-9-8-11(10(18)2)16(20)21/h4-7,10-11,13H,3,8-9H2,1-2H3,(H,20,21). The number of aliphatic carboxylic acids is 1. The number of carboxylic acid groups (broad SMARTS) is 1. The molecule has 5 nitrogen and oxygen atoms in total. The van der Waals surface area contributed by atoms with E-state index in [1.807, 2.05) is 6.92 Å². The van der Waals surface area contributed by atoms with Crippen LogP contribution < -0.4 is 4.74 Å². The average Bonchev–Trinajstić information content (AvgIpc) is 2.87. The Labute approximate surface area is 134 Å². The third kappa shape index (κ3) is 3.35. The van der Waals surface area contributed by atoms with E-state index in [9.17, 15) is 9.59 Å². The molecule has 1 saturated heterocycles. The maximum atomic E-state index is 12.6. The molecule has 1 amide bonds. The van der Waals surface area contributed by atoms with Crippen LogP contribution in [0.2, 0.25) is 5.02 Å². The molecule has 1 heterocycles. The van der Waals surface area contributed by atoms with Gasteiger partial charge in [0.1, 0.15) is 5.75 Å². The normalized spacial score (nSPS) is 22.4. The number of halogens is 1. The highest BCUT2D eigenvalue weighted by atomic mass is 35.5. The smallest absolute Gasteiger partial charge is 0.308 e. The minimum atomic E-state index is -0.858. The molecule has 1 aliphatic heterocycles. The van der Waals surface area contributed by atoms with Crippen LogP contribution >= 0.6 is 11.6 Å². The van der Waals surface area contributed by atoms with Crippen LogP contribution in [-0.2, 0) is 9.59 Å². The second-order valence-electron chi connectivity index (χ2n) is 5.45. The van der Waals surface area contributed by atoms with Crippen LogP contribution in [-0.4, -0.2) is 40.6 Å². The molecule has 0 saturated carbocycles. The molecule has 3 unspecified atom stereocenters. The van der Waals surface area contributed by atoms with E-state index in [1.165, 1.54) is 0 Å². The Balaban J connectivity index is 2.10. The zero-order valence-electron chi connectivity index (χ0n) is 12.7. The number of rotatable bonds is 5. The van der Waals surface area contributed by atoms with Gasteiger partial charge in [-0.2, -0.15) is 0 Å². The third-order valence-electron chi connectivity index (χ3n) is 4.11. The quantitative estimate of drug-likeness (QED) is 0.904. The fraction of sp³-hybridized carbons (Fsp3) is 0.500. The van der Waals surface area contributed by atoms with E-state index in [4.69, 9.17) is 21.4 Å². The monoisotopic (exact) mass is 325 g/mol. The van der Waals surface area contributed by atoms with Crippen molar-refractivity contribution >= 4 is 23.5 Å². The van der Waals surface area contributed by atoms with Crippen molar-refractivity contribution in [1.82, 2.24) is 4.90 Å². The summed E-state index contributed by atoms with van der Waals surface area (Å²) in [6.07, 6.45) is 0.311. The second kappa shape index (κ2) is 7.01. The predicted octanol–water partition coefficient (Wildman–Crippen LogP) is 2.82. The van der Waals surface area contributed by atoms with Gasteiger partial charge in [0, 0.05) is 12.6 Å². The van der Waals surface area contributed by atoms with Crippen molar-refractivity contribution in [3.63, 3.8) is 0 Å². The van der Waals surface area contributed by atoms with E-state index < -0.39 is 18.0 Å². The van der Waals surface area contributed by atoms with Crippen molar-refractivity contribution < 1.29 is 19.4 Å². The summed E-state index contributed by atoms with van der Waals surface area (Å²) in [6.45, 7) is 4.07. The molecule has 1 fully saturated rings. The van der Waals surface area contributed by atoms with Crippen molar-refractivity contribution in [2.24, 2.45) is 5.92 Å². The summed E-state index contributed by atoms with van der Waals surface area (Å²) >= 11 is 6.06. The predicted molar refractivity (Wildman–Crippen MR) is 83.1 cm³/mol. The van der Waals surface area contributed by atoms with Gasteiger partial charge in [-0.1, -0.05) is 30.7 Å². The van der Waals surface area contributed by atoms with Crippen LogP contribution in [0.1, 0.15) is 26.7 Å². The number of amides is 1. The lowest BCUT2D eigenvalue weighted by Gasteiger charge is -2.28. The summed E-state index contributed by atoms with van der Waals surface area (Å²) in [7, 11) is 0. The number of ether oxygens (including phenoxy) is 1. The van der Waals surface area contributed by atoms with Crippen molar-refractivity contribution in [2.75, 3.05) is 6.54 Å². The molecule has 1 aromatic carbocycles. The molecule has 0 spiro atoms. The molecule has 1 aromatic rings. The SMILES string of the molecule is CCC(Oc1ccccc1Cl)C(=O)N1CCC(C(=O)O)C1C. The number of carbonyl (C=O) groups excluding carboxylic acids is 1. The summed E-state index contributed by atoms with van der Waals surface area (Å²) in [4.78, 5) is 25.4. The van der Waals surface area contributed by atoms with Gasteiger partial charge in [-0.15, -0.1) is 0 Å². The zero-order chi connectivity index (χ0) is 16.3. The Morgan fingerprint density at radius 2 is 2.14 bits per heavy atom. The summed E-state index contributed by atoms with van der Waals surface area (Å²) in [5.41, 5.74) is 0. The van der Waals surface area contributed by atoms with Gasteiger partial charge in [-0.05, 0) is 31.9 Å². The van der Waals surface area contributed by atoms with Crippen molar-refractivity contribution in [3.8, 4) is 5.75 Å². The number of hydrogen-bond donors (Lipinski definition) is 1. The number of carboxylic acids is 1. The van der Waals surface area contributed by atoms with E-state index in [-0.39, 0.29) is 11.9 Å². The number of hydrogen-bond acceptors (Lipinski definition) is 3. The molecule has 6 heteroatoms. The first-order valence-corrected chi connectivity index (χ1v) is 7.78. The fourth-order valence-corrected chi connectivity index (χ4v) is 2.95. The van der Waals surface area contributed by atoms with Crippen LogP contribution in [0.15, 0.2) is 24.3 Å². The molecule has 1 N–H and O–H groups in total. The first kappa shape index (κ1) is 16.6. The fourth-order valence-electron chi connectivity index (χ4n) is 2.77. The maximum absolute atomic E-state index is 12.6. The molecule has 0 bridgehead atoms. The van der Waals surface area contributed by atoms with Crippen LogP contribution in [0.4, 0.5) is 0 Å². The molecular weight excluding hydrogens is 306 g/mol. The lowest BCUT2D eigenvalue weighted by Crippen LogP contribution is -2.45. The summed E-state index contributed by atoms with van der Waals surface area (Å²) in [5, 5.41) is 9.61. The van der Waals surface area contributed by atoms with Gasteiger partial charge < -0.3 is 14.7 Å². The summed E-state index contributed by atoms with van der Waals surface area (Å²) < 4.78 is 5.74. The van der Waals surface area contributed by atoms with E-state index in [1.54, 1.807) is 36.1 Å². The van der Waals surface area contributed by atoms with Crippen LogP contribution in [0.5, 0.6) is 5.75 Å². The minimum Gasteiger partial charge on any atom is -0.481 e. The van der Waals surface area contributed by atoms with Gasteiger partial charge >= 0.3 is 5.97 Å². The molecule has 0 aliphatic carbocycles. The molecular formula is C16H20ClNO4. The Morgan fingerprint density at radius 1 is 1.45 bits per heavy atom. The van der Waals surface area contributed by atoms with Crippen molar-refractivity contribution in [2.45, 2.75) is 38.8 Å². The lowest BCUT2D eigenvalue weighted by molar-refractivity contribution is -0.144. The van der Waals surface area contributed by atoms with Gasteiger partial charge in [-0.3, -0.25) is 9.59 Å². The van der Waals surface area contributed by atoms with Gasteiger partial charge in [0.15, 0.2) is 6.10 Å². The average molecular weight is 326 g/mol. The Hall–Kier alpha value is -1.75. The number of carbonyl (C=O) groups is 2. The molecule has 22 heavy (non-hydrogen) atoms. The summed E-state index contributed by atoms with van der Waals surface area (Å²) in [6, 6.07) is 6.67. The van der Waals surface area contributed by atoms with Crippen LogP contribution in [0.3, 0.4) is 0 Å². The zero-order valence-corrected chi connectivity index (χ0v) is 13.4. The highest BCUT2D eigenvalue weighted by molar-refractivity contribution is 6.32. The molecule has 0 aromatic heterocycles. The maximum Gasteiger partial charge on any atom is 0.308 e.